The molecule has 0 spiro atoms. The van der Waals surface area contributed by atoms with E-state index in [9.17, 15) is 14.3 Å². The Morgan fingerprint density at radius 1 is 1.22 bits per heavy atom. The lowest BCUT2D eigenvalue weighted by molar-refractivity contribution is 0.0697. The van der Waals surface area contributed by atoms with Crippen molar-refractivity contribution >= 4 is 34.5 Å². The summed E-state index contributed by atoms with van der Waals surface area (Å²) >= 11 is 0. The normalized spacial score (nSPS) is 15.6. The molecule has 0 bridgehead atoms. The summed E-state index contributed by atoms with van der Waals surface area (Å²) in [6.45, 7) is 6.78. The summed E-state index contributed by atoms with van der Waals surface area (Å²) in [6.07, 6.45) is 6.40. The molecule has 0 aliphatic carbocycles. The zero-order chi connectivity index (χ0) is 26.0. The third-order valence-corrected chi connectivity index (χ3v) is 6.50. The van der Waals surface area contributed by atoms with Crippen LogP contribution >= 0.6 is 0 Å². The lowest BCUT2D eigenvalue weighted by Gasteiger charge is -2.26. The SMILES string of the molecule is CC(F)=C/C(=C\C(C)C)n1c(C2CCOCC2)c(-c2ccc(C(=O)O)cc2)c2cc(N)c(C=N)cc21. The summed E-state index contributed by atoms with van der Waals surface area (Å²) in [6, 6.07) is 10.6. The Morgan fingerprint density at radius 3 is 2.44 bits per heavy atom. The van der Waals surface area contributed by atoms with E-state index in [0.29, 0.717) is 30.2 Å². The summed E-state index contributed by atoms with van der Waals surface area (Å²) in [5, 5.41) is 18.2. The number of halogens is 1. The van der Waals surface area contributed by atoms with Crippen LogP contribution in [-0.2, 0) is 4.74 Å². The van der Waals surface area contributed by atoms with Crippen LogP contribution in [0.5, 0.6) is 0 Å². The van der Waals surface area contributed by atoms with Crippen molar-refractivity contribution in [1.82, 2.24) is 4.57 Å². The minimum atomic E-state index is -0.987. The van der Waals surface area contributed by atoms with Crippen LogP contribution in [0.4, 0.5) is 10.1 Å². The molecular formula is C29H32FN3O3. The number of carboxylic acid groups (broad SMARTS) is 1. The molecule has 1 aromatic heterocycles. The molecule has 3 aromatic rings. The number of benzene rings is 2. The predicted molar refractivity (Wildman–Crippen MR) is 143 cm³/mol. The summed E-state index contributed by atoms with van der Waals surface area (Å²) in [5.41, 5.74) is 12.0. The third-order valence-electron chi connectivity index (χ3n) is 6.50. The second kappa shape index (κ2) is 10.5. The summed E-state index contributed by atoms with van der Waals surface area (Å²) in [7, 11) is 0. The number of fused-ring (bicyclic) bond motifs is 1. The molecule has 7 heteroatoms. The van der Waals surface area contributed by atoms with Crippen molar-refractivity contribution in [3.05, 3.63) is 71.2 Å². The number of nitrogen functional groups attached to an aromatic ring is 1. The van der Waals surface area contributed by atoms with Crippen molar-refractivity contribution in [3.63, 3.8) is 0 Å². The molecule has 4 N–H and O–H groups in total. The van der Waals surface area contributed by atoms with Crippen molar-refractivity contribution < 1.29 is 19.0 Å². The van der Waals surface area contributed by atoms with Gasteiger partial charge in [0.15, 0.2) is 0 Å². The zero-order valence-corrected chi connectivity index (χ0v) is 20.8. The Kier molecular flexibility index (Phi) is 7.40. The van der Waals surface area contributed by atoms with Crippen molar-refractivity contribution in [2.45, 2.75) is 39.5 Å². The number of ether oxygens (including phenoxy) is 1. The van der Waals surface area contributed by atoms with Crippen molar-refractivity contribution in [1.29, 1.82) is 5.41 Å². The van der Waals surface area contributed by atoms with E-state index in [1.54, 1.807) is 18.2 Å². The summed E-state index contributed by atoms with van der Waals surface area (Å²) in [4.78, 5) is 11.5. The highest BCUT2D eigenvalue weighted by Crippen LogP contribution is 2.45. The number of carbonyl (C=O) groups is 1. The number of carboxylic acids is 1. The first-order valence-corrected chi connectivity index (χ1v) is 12.2. The fourth-order valence-electron chi connectivity index (χ4n) is 4.96. The maximum atomic E-state index is 14.4. The molecular weight excluding hydrogens is 457 g/mol. The topological polar surface area (TPSA) is 101 Å². The number of hydrogen-bond acceptors (Lipinski definition) is 4. The van der Waals surface area contributed by atoms with Gasteiger partial charge in [-0.25, -0.2) is 9.18 Å². The van der Waals surface area contributed by atoms with E-state index in [0.717, 1.165) is 40.6 Å². The minimum absolute atomic E-state index is 0.133. The van der Waals surface area contributed by atoms with Gasteiger partial charge in [0.2, 0.25) is 0 Å². The molecule has 1 aliphatic rings. The Balaban J connectivity index is 2.16. The standard InChI is InChI=1S/C29H32FN3O3/c1-17(2)12-23(13-18(3)30)33-26-14-22(16-31)25(32)15-24(26)27(28(33)20-8-10-36-11-9-20)19-4-6-21(7-5-19)29(34)35/h4-7,12-17,20,31H,8-11,32H2,1-3H3,(H,34,35)/b18-13?,23-12+,31-16?. The second-order valence-electron chi connectivity index (χ2n) is 9.57. The number of aromatic carboxylic acids is 1. The van der Waals surface area contributed by atoms with E-state index in [-0.39, 0.29) is 23.2 Å². The number of allylic oxidation sites excluding steroid dienone is 4. The van der Waals surface area contributed by atoms with Gasteiger partial charge in [-0.05, 0) is 61.6 Å². The number of nitrogens with zero attached hydrogens (tertiary/aromatic N) is 1. The monoisotopic (exact) mass is 489 g/mol. The van der Waals surface area contributed by atoms with E-state index in [4.69, 9.17) is 15.9 Å². The first-order chi connectivity index (χ1) is 17.2. The van der Waals surface area contributed by atoms with Crippen molar-refractivity contribution in [2.24, 2.45) is 5.92 Å². The molecule has 0 saturated carbocycles. The first kappa shape index (κ1) is 25.4. The number of nitrogens with two attached hydrogens (primary N) is 1. The van der Waals surface area contributed by atoms with E-state index in [1.807, 2.05) is 44.2 Å². The molecule has 0 unspecified atom stereocenters. The molecule has 6 nitrogen and oxygen atoms in total. The van der Waals surface area contributed by atoms with Crippen LogP contribution < -0.4 is 5.73 Å². The fourth-order valence-corrected chi connectivity index (χ4v) is 4.96. The Labute approximate surface area is 210 Å². The van der Waals surface area contributed by atoms with Crippen molar-refractivity contribution in [3.8, 4) is 11.1 Å². The van der Waals surface area contributed by atoms with Crippen LogP contribution in [0.25, 0.3) is 27.7 Å². The number of anilines is 1. The van der Waals surface area contributed by atoms with Gasteiger partial charge in [0.1, 0.15) is 0 Å². The van der Waals surface area contributed by atoms with Gasteiger partial charge in [0.25, 0.3) is 0 Å². The first-order valence-electron chi connectivity index (χ1n) is 12.2. The Morgan fingerprint density at radius 2 is 1.89 bits per heavy atom. The molecule has 36 heavy (non-hydrogen) atoms. The van der Waals surface area contributed by atoms with Crippen molar-refractivity contribution in [2.75, 3.05) is 18.9 Å². The van der Waals surface area contributed by atoms with E-state index >= 15 is 0 Å². The highest BCUT2D eigenvalue weighted by atomic mass is 19.1. The van der Waals surface area contributed by atoms with E-state index in [2.05, 4.69) is 4.57 Å². The number of aromatic nitrogens is 1. The summed E-state index contributed by atoms with van der Waals surface area (Å²) < 4.78 is 22.2. The van der Waals surface area contributed by atoms with Gasteiger partial charge in [0, 0.05) is 58.9 Å². The maximum Gasteiger partial charge on any atom is 0.335 e. The average molecular weight is 490 g/mol. The molecule has 188 valence electrons. The van der Waals surface area contributed by atoms with Crippen LogP contribution in [0.15, 0.2) is 54.4 Å². The average Bonchev–Trinajstić information content (AvgIpc) is 3.16. The van der Waals surface area contributed by atoms with Crippen LogP contribution in [-0.4, -0.2) is 35.1 Å². The Hall–Kier alpha value is -3.71. The van der Waals surface area contributed by atoms with Gasteiger partial charge in [-0.15, -0.1) is 0 Å². The lowest BCUT2D eigenvalue weighted by atomic mass is 9.89. The Bertz CT molecular complexity index is 1360. The lowest BCUT2D eigenvalue weighted by Crippen LogP contribution is -2.18. The molecule has 2 heterocycles. The van der Waals surface area contributed by atoms with Gasteiger partial charge >= 0.3 is 5.97 Å². The molecule has 1 fully saturated rings. The fraction of sp³-hybridized carbons (Fsp3) is 0.310. The van der Waals surface area contributed by atoms with Gasteiger partial charge < -0.3 is 25.6 Å². The zero-order valence-electron chi connectivity index (χ0n) is 20.8. The van der Waals surface area contributed by atoms with E-state index < -0.39 is 5.97 Å². The second-order valence-corrected chi connectivity index (χ2v) is 9.57. The number of hydrogen-bond donors (Lipinski definition) is 3. The van der Waals surface area contributed by atoms with Crippen LogP contribution in [0.2, 0.25) is 0 Å². The third kappa shape index (κ3) is 4.97. The molecule has 0 radical (unpaired) electrons. The van der Waals surface area contributed by atoms with Gasteiger partial charge in [0.05, 0.1) is 16.9 Å². The number of rotatable bonds is 7. The number of nitrogens with one attached hydrogen (secondary N) is 1. The minimum Gasteiger partial charge on any atom is -0.478 e. The van der Waals surface area contributed by atoms with Gasteiger partial charge in [-0.3, -0.25) is 0 Å². The van der Waals surface area contributed by atoms with Gasteiger partial charge in [-0.2, -0.15) is 0 Å². The summed E-state index contributed by atoms with van der Waals surface area (Å²) in [5.74, 6) is -1.00. The van der Waals surface area contributed by atoms with Gasteiger partial charge in [-0.1, -0.05) is 32.1 Å². The van der Waals surface area contributed by atoms with Crippen LogP contribution in [0.1, 0.15) is 61.1 Å². The molecule has 1 saturated heterocycles. The molecule has 2 aromatic carbocycles. The molecule has 0 atom stereocenters. The molecule has 1 aliphatic heterocycles. The smallest absolute Gasteiger partial charge is 0.335 e. The molecule has 4 rings (SSSR count). The van der Waals surface area contributed by atoms with Crippen LogP contribution in [0, 0.1) is 11.3 Å². The maximum absolute atomic E-state index is 14.4. The quantitative estimate of drug-likeness (QED) is 0.192. The molecule has 0 amide bonds. The van der Waals surface area contributed by atoms with Crippen LogP contribution in [0.3, 0.4) is 0 Å². The van der Waals surface area contributed by atoms with E-state index in [1.165, 1.54) is 13.1 Å². The largest absolute Gasteiger partial charge is 0.478 e. The highest BCUT2D eigenvalue weighted by molar-refractivity contribution is 6.05. The highest BCUT2D eigenvalue weighted by Gasteiger charge is 2.29. The predicted octanol–water partition coefficient (Wildman–Crippen LogP) is 6.85.